The zero-order valence-corrected chi connectivity index (χ0v) is 13.4. The number of benzene rings is 2. The van der Waals surface area contributed by atoms with Gasteiger partial charge in [0.2, 0.25) is 15.9 Å². The van der Waals surface area contributed by atoms with Crippen molar-refractivity contribution in [2.75, 3.05) is 10.6 Å². The van der Waals surface area contributed by atoms with Crippen LogP contribution in [-0.4, -0.2) is 20.6 Å². The van der Waals surface area contributed by atoms with Crippen molar-refractivity contribution in [3.8, 4) is 0 Å². The zero-order chi connectivity index (χ0) is 16.3. The molecule has 116 valence electrons. The summed E-state index contributed by atoms with van der Waals surface area (Å²) in [7, 11) is -3.48. The predicted molar refractivity (Wildman–Crippen MR) is 87.4 cm³/mol. The van der Waals surface area contributed by atoms with Crippen LogP contribution in [0.4, 0.5) is 5.69 Å². The number of halogens is 1. The molecule has 7 heteroatoms. The van der Waals surface area contributed by atoms with Crippen LogP contribution in [0.5, 0.6) is 0 Å². The van der Waals surface area contributed by atoms with Gasteiger partial charge in [-0.1, -0.05) is 23.7 Å². The number of hydrogen-bond donors (Lipinski definition) is 1. The Morgan fingerprint density at radius 2 is 1.64 bits per heavy atom. The lowest BCUT2D eigenvalue weighted by Gasteiger charge is -2.22. The fraction of sp³-hybridized carbons (Fsp3) is 0.133. The molecule has 0 spiro atoms. The first-order valence-corrected chi connectivity index (χ1v) is 8.62. The number of anilines is 1. The summed E-state index contributed by atoms with van der Waals surface area (Å²) in [6, 6.07) is 13.0. The number of hydrogen-bond acceptors (Lipinski definition) is 3. The Morgan fingerprint density at radius 3 is 2.09 bits per heavy atom. The Morgan fingerprint density at radius 1 is 1.09 bits per heavy atom. The topological polar surface area (TPSA) is 80.5 Å². The number of rotatable bonds is 5. The fourth-order valence-electron chi connectivity index (χ4n) is 1.95. The fourth-order valence-corrected chi connectivity index (χ4v) is 2.96. The van der Waals surface area contributed by atoms with Crippen LogP contribution in [0.3, 0.4) is 0 Å². The molecule has 0 fully saturated rings. The third kappa shape index (κ3) is 3.99. The standard InChI is InChI=1S/C15H15ClN2O3S/c1-22(20,21)18(10-11-2-6-13(16)7-3-11)14-8-4-12(5-9-14)15(17)19/h2-9H,10H2,1H3,(H2,17,19). The number of sulfonamides is 1. The lowest BCUT2D eigenvalue weighted by atomic mass is 10.2. The van der Waals surface area contributed by atoms with Crippen LogP contribution < -0.4 is 10.0 Å². The molecule has 5 nitrogen and oxygen atoms in total. The second-order valence-electron chi connectivity index (χ2n) is 4.81. The van der Waals surface area contributed by atoms with Gasteiger partial charge >= 0.3 is 0 Å². The highest BCUT2D eigenvalue weighted by atomic mass is 35.5. The van der Waals surface area contributed by atoms with Crippen molar-refractivity contribution < 1.29 is 13.2 Å². The first-order valence-electron chi connectivity index (χ1n) is 6.39. The van der Waals surface area contributed by atoms with Crippen LogP contribution in [0.1, 0.15) is 15.9 Å². The molecule has 2 N–H and O–H groups in total. The number of amides is 1. The molecule has 0 aromatic heterocycles. The van der Waals surface area contributed by atoms with Gasteiger partial charge in [0.25, 0.3) is 0 Å². The van der Waals surface area contributed by atoms with E-state index in [1.807, 2.05) is 0 Å². The van der Waals surface area contributed by atoms with E-state index >= 15 is 0 Å². The summed E-state index contributed by atoms with van der Waals surface area (Å²) < 4.78 is 25.3. The summed E-state index contributed by atoms with van der Waals surface area (Å²) in [6.45, 7) is 0.173. The minimum absolute atomic E-state index is 0.173. The summed E-state index contributed by atoms with van der Waals surface area (Å²) in [4.78, 5) is 11.1. The molecule has 2 aromatic carbocycles. The van der Waals surface area contributed by atoms with Crippen molar-refractivity contribution >= 4 is 33.2 Å². The van der Waals surface area contributed by atoms with Gasteiger partial charge in [0.15, 0.2) is 0 Å². The van der Waals surface area contributed by atoms with E-state index in [9.17, 15) is 13.2 Å². The SMILES string of the molecule is CS(=O)(=O)N(Cc1ccc(Cl)cc1)c1ccc(C(N)=O)cc1. The second-order valence-corrected chi connectivity index (χ2v) is 7.15. The summed E-state index contributed by atoms with van der Waals surface area (Å²) in [5.74, 6) is -0.560. The van der Waals surface area contributed by atoms with E-state index in [2.05, 4.69) is 0 Å². The third-order valence-electron chi connectivity index (χ3n) is 3.08. The molecule has 0 heterocycles. The number of primary amides is 1. The van der Waals surface area contributed by atoms with Gasteiger partial charge in [-0.15, -0.1) is 0 Å². The molecule has 0 aliphatic carbocycles. The van der Waals surface area contributed by atoms with Crippen molar-refractivity contribution in [3.05, 3.63) is 64.7 Å². The van der Waals surface area contributed by atoms with Gasteiger partial charge in [-0.05, 0) is 42.0 Å². The first kappa shape index (κ1) is 16.3. The maximum Gasteiger partial charge on any atom is 0.248 e. The summed E-state index contributed by atoms with van der Waals surface area (Å²) >= 11 is 5.83. The summed E-state index contributed by atoms with van der Waals surface area (Å²) in [5, 5.41) is 0.584. The Labute approximate surface area is 134 Å². The van der Waals surface area contributed by atoms with E-state index in [0.29, 0.717) is 16.3 Å². The van der Waals surface area contributed by atoms with Gasteiger partial charge < -0.3 is 5.73 Å². The van der Waals surface area contributed by atoms with Crippen LogP contribution in [0.15, 0.2) is 48.5 Å². The van der Waals surface area contributed by atoms with E-state index in [4.69, 9.17) is 17.3 Å². The second kappa shape index (κ2) is 6.37. The molecule has 0 unspecified atom stereocenters. The smallest absolute Gasteiger partial charge is 0.248 e. The average Bonchev–Trinajstić information content (AvgIpc) is 2.45. The maximum atomic E-state index is 12.0. The molecule has 0 aliphatic rings. The van der Waals surface area contributed by atoms with Crippen LogP contribution in [0, 0.1) is 0 Å². The Bertz CT molecular complexity index is 771. The van der Waals surface area contributed by atoms with Crippen molar-refractivity contribution in [3.63, 3.8) is 0 Å². The molecule has 0 bridgehead atoms. The third-order valence-corrected chi connectivity index (χ3v) is 4.47. The van der Waals surface area contributed by atoms with E-state index in [0.717, 1.165) is 11.8 Å². The molecule has 0 saturated carbocycles. The summed E-state index contributed by atoms with van der Waals surface area (Å²) in [6.07, 6.45) is 1.13. The lowest BCUT2D eigenvalue weighted by molar-refractivity contribution is 0.100. The number of nitrogens with zero attached hydrogens (tertiary/aromatic N) is 1. The molecular formula is C15H15ClN2O3S. The van der Waals surface area contributed by atoms with Crippen LogP contribution in [0.2, 0.25) is 5.02 Å². The van der Waals surface area contributed by atoms with Gasteiger partial charge in [0, 0.05) is 10.6 Å². The van der Waals surface area contributed by atoms with Gasteiger partial charge in [0.1, 0.15) is 0 Å². The maximum absolute atomic E-state index is 12.0. The molecule has 0 radical (unpaired) electrons. The number of carbonyl (C=O) groups is 1. The van der Waals surface area contributed by atoms with Crippen LogP contribution >= 0.6 is 11.6 Å². The first-order chi connectivity index (χ1) is 10.3. The van der Waals surface area contributed by atoms with Crippen molar-refractivity contribution in [2.45, 2.75) is 6.54 Å². The Balaban J connectivity index is 2.34. The van der Waals surface area contributed by atoms with Crippen LogP contribution in [0.25, 0.3) is 0 Å². The van der Waals surface area contributed by atoms with E-state index in [-0.39, 0.29) is 6.54 Å². The number of nitrogens with two attached hydrogens (primary N) is 1. The molecule has 1 amide bonds. The monoisotopic (exact) mass is 338 g/mol. The Hall–Kier alpha value is -2.05. The van der Waals surface area contributed by atoms with Crippen molar-refractivity contribution in [1.29, 1.82) is 0 Å². The molecule has 0 saturated heterocycles. The molecule has 0 aliphatic heterocycles. The highest BCUT2D eigenvalue weighted by molar-refractivity contribution is 7.92. The normalized spacial score (nSPS) is 11.2. The van der Waals surface area contributed by atoms with Gasteiger partial charge in [-0.2, -0.15) is 0 Å². The van der Waals surface area contributed by atoms with Gasteiger partial charge in [0.05, 0.1) is 18.5 Å². The minimum atomic E-state index is -3.48. The van der Waals surface area contributed by atoms with Crippen molar-refractivity contribution in [1.82, 2.24) is 0 Å². The average molecular weight is 339 g/mol. The highest BCUT2D eigenvalue weighted by Gasteiger charge is 2.18. The zero-order valence-electron chi connectivity index (χ0n) is 11.9. The largest absolute Gasteiger partial charge is 0.366 e. The molecule has 2 rings (SSSR count). The van der Waals surface area contributed by atoms with E-state index in [1.54, 1.807) is 36.4 Å². The highest BCUT2D eigenvalue weighted by Crippen LogP contribution is 2.22. The van der Waals surface area contributed by atoms with E-state index in [1.165, 1.54) is 16.4 Å². The lowest BCUT2D eigenvalue weighted by Crippen LogP contribution is -2.29. The summed E-state index contributed by atoms with van der Waals surface area (Å²) in [5.41, 5.74) is 6.76. The molecule has 0 atom stereocenters. The molecular weight excluding hydrogens is 324 g/mol. The van der Waals surface area contributed by atoms with Gasteiger partial charge in [-0.3, -0.25) is 9.10 Å². The van der Waals surface area contributed by atoms with Crippen LogP contribution in [-0.2, 0) is 16.6 Å². The molecule has 22 heavy (non-hydrogen) atoms. The Kier molecular flexibility index (Phi) is 4.73. The minimum Gasteiger partial charge on any atom is -0.366 e. The quantitative estimate of drug-likeness (QED) is 0.909. The van der Waals surface area contributed by atoms with Crippen molar-refractivity contribution in [2.24, 2.45) is 5.73 Å². The molecule has 2 aromatic rings. The number of carbonyl (C=O) groups excluding carboxylic acids is 1. The van der Waals surface area contributed by atoms with E-state index < -0.39 is 15.9 Å². The predicted octanol–water partition coefficient (Wildman–Crippen LogP) is 2.41. The van der Waals surface area contributed by atoms with Gasteiger partial charge in [-0.25, -0.2) is 8.42 Å².